The Hall–Kier alpha value is -5.69. The van der Waals surface area contributed by atoms with Gasteiger partial charge in [0, 0.05) is 40.0 Å². The maximum atomic E-state index is 13.7. The van der Waals surface area contributed by atoms with Gasteiger partial charge in [-0.15, -0.1) is 0 Å². The highest BCUT2D eigenvalue weighted by atomic mass is 16.5. The molecular formula is C40H65N7O17. The van der Waals surface area contributed by atoms with Crippen molar-refractivity contribution in [3.05, 3.63) is 12.2 Å². The molecule has 10 N–H and O–H groups in total. The molecule has 1 unspecified atom stereocenters. The lowest BCUT2D eigenvalue weighted by molar-refractivity contribution is -0.178. The quantitative estimate of drug-likeness (QED) is 0.0187. The van der Waals surface area contributed by atoms with E-state index in [1.165, 1.54) is 12.8 Å². The molecule has 0 aromatic heterocycles. The normalized spacial score (nSPS) is 13.3. The minimum atomic E-state index is -1.97. The minimum absolute atomic E-state index is 0.228. The third-order valence-corrected chi connectivity index (χ3v) is 9.48. The van der Waals surface area contributed by atoms with Crippen LogP contribution in [-0.4, -0.2) is 148 Å². The van der Waals surface area contributed by atoms with Gasteiger partial charge < -0.3 is 36.6 Å². The van der Waals surface area contributed by atoms with Crippen molar-refractivity contribution < 1.29 is 83.7 Å². The summed E-state index contributed by atoms with van der Waals surface area (Å²) in [6.45, 7) is 3.50. The van der Waals surface area contributed by atoms with E-state index in [2.05, 4.69) is 29.7 Å². The van der Waals surface area contributed by atoms with Gasteiger partial charge in [0.25, 0.3) is 17.7 Å². The van der Waals surface area contributed by atoms with Gasteiger partial charge in [-0.25, -0.2) is 4.79 Å². The molecule has 0 radical (unpaired) electrons. The number of carbonyl (C=O) groups is 11. The summed E-state index contributed by atoms with van der Waals surface area (Å²) < 4.78 is 0. The average molecular weight is 916 g/mol. The molecule has 24 heteroatoms. The highest BCUT2D eigenvalue weighted by molar-refractivity contribution is 5.97. The zero-order valence-electron chi connectivity index (χ0n) is 36.8. The summed E-state index contributed by atoms with van der Waals surface area (Å²) in [5.74, 6) is -13.4. The van der Waals surface area contributed by atoms with Crippen LogP contribution in [0.4, 0.5) is 0 Å². The third kappa shape index (κ3) is 24.2. The number of amides is 10. The number of aliphatic hydroxyl groups excluding tert-OH is 2. The van der Waals surface area contributed by atoms with Gasteiger partial charge >= 0.3 is 5.97 Å². The average Bonchev–Trinajstić information content (AvgIpc) is 3.24. The van der Waals surface area contributed by atoms with Gasteiger partial charge in [-0.05, 0) is 51.4 Å². The topological polar surface area (TPSA) is 367 Å². The summed E-state index contributed by atoms with van der Waals surface area (Å²) in [5.41, 5.74) is 0. The fourth-order valence-corrected chi connectivity index (χ4v) is 5.77. The standard InChI is InChI=1S/C40H65N7O17/c1-5-6-7-8-9-10-11-12-13-14-15-16-28(52)23-33(53)41-29(17-20-34(54)45(62)25(2)49)37(57)42-30(18-21-35(55)46(63)26(3)50)38(58)44-32(24-48)39(59)43-31(40(60)61)19-22-36(56)47(64)27(4)51/h10-11,28-32,48,52,62-64H,5-9,12-24H2,1-4H3,(H,41,53)(H,42,57)(H,43,59)(H,44,58)(H,60,61)/b11-10-/t28?,29-,30-,31-,32-/m0/s1. The second kappa shape index (κ2) is 32.0. The summed E-state index contributed by atoms with van der Waals surface area (Å²) in [6.07, 6.45) is 7.26. The number of hydroxylamine groups is 6. The van der Waals surface area contributed by atoms with Crippen molar-refractivity contribution in [1.29, 1.82) is 0 Å². The number of imide groups is 3. The number of unbranched alkanes of at least 4 members (excludes halogenated alkanes) is 7. The van der Waals surface area contributed by atoms with Gasteiger partial charge in [-0.3, -0.25) is 63.6 Å². The molecule has 0 heterocycles. The first-order chi connectivity index (χ1) is 30.1. The van der Waals surface area contributed by atoms with Gasteiger partial charge in [0.2, 0.25) is 41.4 Å². The summed E-state index contributed by atoms with van der Waals surface area (Å²) in [4.78, 5) is 136. The lowest BCUT2D eigenvalue weighted by Crippen LogP contribution is -2.58. The van der Waals surface area contributed by atoms with Gasteiger partial charge in [-0.2, -0.15) is 15.2 Å². The molecule has 24 nitrogen and oxygen atoms in total. The Balaban J connectivity index is 6.11. The van der Waals surface area contributed by atoms with Crippen LogP contribution in [0.2, 0.25) is 0 Å². The van der Waals surface area contributed by atoms with Crippen molar-refractivity contribution in [2.24, 2.45) is 0 Å². The number of aliphatic hydroxyl groups is 2. The number of allylic oxidation sites excluding steroid dienone is 2. The predicted molar refractivity (Wildman–Crippen MR) is 220 cm³/mol. The van der Waals surface area contributed by atoms with Crippen molar-refractivity contribution in [2.45, 2.75) is 167 Å². The van der Waals surface area contributed by atoms with Crippen LogP contribution in [0, 0.1) is 0 Å². The molecule has 0 aromatic rings. The van der Waals surface area contributed by atoms with Gasteiger partial charge in [-0.1, -0.05) is 51.2 Å². The van der Waals surface area contributed by atoms with E-state index in [1.54, 1.807) is 0 Å². The van der Waals surface area contributed by atoms with Crippen LogP contribution in [0.1, 0.15) is 137 Å². The van der Waals surface area contributed by atoms with Crippen LogP contribution < -0.4 is 21.3 Å². The molecule has 0 aliphatic rings. The van der Waals surface area contributed by atoms with Crippen LogP contribution in [0.5, 0.6) is 0 Å². The predicted octanol–water partition coefficient (Wildman–Crippen LogP) is -0.136. The second-order valence-corrected chi connectivity index (χ2v) is 14.9. The highest BCUT2D eigenvalue weighted by Crippen LogP contribution is 2.12. The molecule has 0 aliphatic heterocycles. The number of nitrogens with zero attached hydrogens (tertiary/aromatic N) is 3. The van der Waals surface area contributed by atoms with E-state index in [-0.39, 0.29) is 21.6 Å². The first kappa shape index (κ1) is 58.3. The number of nitrogens with one attached hydrogen (secondary N) is 4. The molecule has 0 spiro atoms. The molecule has 0 saturated carbocycles. The van der Waals surface area contributed by atoms with Crippen LogP contribution in [0.15, 0.2) is 12.2 Å². The Kier molecular flexibility index (Phi) is 29.2. The van der Waals surface area contributed by atoms with Gasteiger partial charge in [0.15, 0.2) is 0 Å². The van der Waals surface area contributed by atoms with Gasteiger partial charge in [0.1, 0.15) is 24.2 Å². The van der Waals surface area contributed by atoms with E-state index in [0.717, 1.165) is 59.3 Å². The van der Waals surface area contributed by atoms with Crippen molar-refractivity contribution in [3.63, 3.8) is 0 Å². The number of hydrogen-bond acceptors (Lipinski definition) is 16. The molecule has 0 fully saturated rings. The first-order valence-corrected chi connectivity index (χ1v) is 21.0. The second-order valence-electron chi connectivity index (χ2n) is 14.9. The Bertz CT molecular complexity index is 1640. The van der Waals surface area contributed by atoms with E-state index < -0.39 is 147 Å². The molecule has 0 bridgehead atoms. The number of hydrogen-bond donors (Lipinski definition) is 10. The summed E-state index contributed by atoms with van der Waals surface area (Å²) >= 11 is 0. The van der Waals surface area contributed by atoms with E-state index in [4.69, 9.17) is 0 Å². The van der Waals surface area contributed by atoms with Gasteiger partial charge in [0.05, 0.1) is 19.1 Å². The summed E-state index contributed by atoms with van der Waals surface area (Å²) in [5, 5.41) is 66.8. The Morgan fingerprint density at radius 3 is 1.30 bits per heavy atom. The molecule has 0 saturated heterocycles. The minimum Gasteiger partial charge on any atom is -0.480 e. The Morgan fingerprint density at radius 2 is 0.891 bits per heavy atom. The van der Waals surface area contributed by atoms with Crippen LogP contribution in [-0.2, 0) is 52.7 Å². The van der Waals surface area contributed by atoms with Crippen molar-refractivity contribution in [2.75, 3.05) is 6.61 Å². The van der Waals surface area contributed by atoms with Crippen molar-refractivity contribution in [1.82, 2.24) is 36.5 Å². The number of carboxylic acids is 1. The summed E-state index contributed by atoms with van der Waals surface area (Å²) in [7, 11) is 0. The molecular weight excluding hydrogens is 850 g/mol. The SMILES string of the molecule is CCCCCC/C=C\CCCCCC(O)CC(=O)N[C@@H](CCC(=O)N(O)C(C)=O)C(=O)N[C@@H](CCC(=O)N(O)C(C)=O)C(=O)N[C@@H](CO)C(=O)N[C@@H](CCC(=O)N(O)C(C)=O)C(=O)O. The fourth-order valence-electron chi connectivity index (χ4n) is 5.77. The number of carboxylic acid groups (broad SMARTS) is 1. The van der Waals surface area contributed by atoms with E-state index in [1.807, 2.05) is 10.6 Å². The van der Waals surface area contributed by atoms with E-state index in [9.17, 15) is 83.7 Å². The third-order valence-electron chi connectivity index (χ3n) is 9.48. The maximum Gasteiger partial charge on any atom is 0.326 e. The monoisotopic (exact) mass is 915 g/mol. The molecule has 0 rings (SSSR count). The number of carbonyl (C=O) groups excluding carboxylic acids is 10. The zero-order chi connectivity index (χ0) is 48.9. The zero-order valence-corrected chi connectivity index (χ0v) is 36.8. The molecule has 10 amide bonds. The molecule has 0 aromatic carbocycles. The highest BCUT2D eigenvalue weighted by Gasteiger charge is 2.33. The summed E-state index contributed by atoms with van der Waals surface area (Å²) in [6, 6.07) is -7.44. The Labute approximate surface area is 370 Å². The lowest BCUT2D eigenvalue weighted by atomic mass is 10.0. The van der Waals surface area contributed by atoms with Crippen LogP contribution in [0.3, 0.4) is 0 Å². The molecule has 64 heavy (non-hydrogen) atoms. The molecule has 5 atom stereocenters. The lowest BCUT2D eigenvalue weighted by Gasteiger charge is -2.26. The smallest absolute Gasteiger partial charge is 0.326 e. The largest absolute Gasteiger partial charge is 0.480 e. The van der Waals surface area contributed by atoms with Crippen molar-refractivity contribution in [3.8, 4) is 0 Å². The molecule has 362 valence electrons. The number of aliphatic carboxylic acids is 1. The van der Waals surface area contributed by atoms with E-state index >= 15 is 0 Å². The van der Waals surface area contributed by atoms with Crippen LogP contribution in [0.25, 0.3) is 0 Å². The maximum absolute atomic E-state index is 13.7. The fraction of sp³-hybridized carbons (Fsp3) is 0.675. The first-order valence-electron chi connectivity index (χ1n) is 21.0. The van der Waals surface area contributed by atoms with Crippen molar-refractivity contribution >= 4 is 65.0 Å². The number of rotatable bonds is 31. The van der Waals surface area contributed by atoms with E-state index in [0.29, 0.717) is 6.42 Å². The Morgan fingerprint density at radius 1 is 0.516 bits per heavy atom. The van der Waals surface area contributed by atoms with Crippen LogP contribution >= 0.6 is 0 Å². The molecule has 0 aliphatic carbocycles.